The number of carboxylic acids is 1. The van der Waals surface area contributed by atoms with Crippen LogP contribution in [-0.4, -0.2) is 33.7 Å². The summed E-state index contributed by atoms with van der Waals surface area (Å²) in [5.41, 5.74) is 2.29. The largest absolute Gasteiger partial charge is 0.478 e. The highest BCUT2D eigenvalue weighted by Crippen LogP contribution is 2.28. The number of likely N-dealkylation sites (tertiary alicyclic amines) is 1. The molecule has 0 radical (unpaired) electrons. The zero-order valence-corrected chi connectivity index (χ0v) is 13.6. The average Bonchev–Trinajstić information content (AvgIpc) is 3.02. The van der Waals surface area contributed by atoms with Gasteiger partial charge in [-0.25, -0.2) is 4.79 Å². The van der Waals surface area contributed by atoms with Crippen molar-refractivity contribution in [2.75, 3.05) is 6.54 Å². The molecule has 1 saturated heterocycles. The molecule has 2 atom stereocenters. The number of carbonyl (C=O) groups is 1. The van der Waals surface area contributed by atoms with Crippen LogP contribution in [0.1, 0.15) is 46.9 Å². The van der Waals surface area contributed by atoms with Gasteiger partial charge in [-0.1, -0.05) is 42.5 Å². The number of hydrogen-bond donors (Lipinski definition) is 2. The van der Waals surface area contributed by atoms with Crippen molar-refractivity contribution >= 4 is 5.97 Å². The highest BCUT2D eigenvalue weighted by atomic mass is 16.4. The Morgan fingerprint density at radius 2 is 1.96 bits per heavy atom. The highest BCUT2D eigenvalue weighted by molar-refractivity contribution is 5.87. The Morgan fingerprint density at radius 1 is 1.17 bits per heavy atom. The summed E-state index contributed by atoms with van der Waals surface area (Å²) in [6.45, 7) is 1.72. The number of benzene rings is 2. The maximum atomic E-state index is 11.1. The molecule has 1 aliphatic heterocycles. The zero-order valence-electron chi connectivity index (χ0n) is 13.6. The molecule has 1 fully saturated rings. The van der Waals surface area contributed by atoms with Gasteiger partial charge in [-0.2, -0.15) is 0 Å². The van der Waals surface area contributed by atoms with Gasteiger partial charge in [-0.15, -0.1) is 0 Å². The van der Waals surface area contributed by atoms with E-state index >= 15 is 0 Å². The first-order chi connectivity index (χ1) is 11.6. The monoisotopic (exact) mass is 325 g/mol. The van der Waals surface area contributed by atoms with Gasteiger partial charge in [0.05, 0.1) is 11.7 Å². The second-order valence-electron chi connectivity index (χ2n) is 6.43. The topological polar surface area (TPSA) is 60.8 Å². The molecule has 2 N–H and O–H groups in total. The molecule has 2 aromatic carbocycles. The molecule has 3 rings (SSSR count). The Labute approximate surface area is 142 Å². The molecule has 4 nitrogen and oxygen atoms in total. The van der Waals surface area contributed by atoms with Crippen LogP contribution in [0.4, 0.5) is 0 Å². The van der Waals surface area contributed by atoms with Gasteiger partial charge in [0, 0.05) is 12.6 Å². The van der Waals surface area contributed by atoms with Crippen molar-refractivity contribution in [3.63, 3.8) is 0 Å². The Kier molecular flexibility index (Phi) is 5.28. The number of aliphatic hydroxyl groups is 1. The summed E-state index contributed by atoms with van der Waals surface area (Å²) in [6, 6.07) is 17.2. The summed E-state index contributed by atoms with van der Waals surface area (Å²) in [7, 11) is 0. The van der Waals surface area contributed by atoms with E-state index in [-0.39, 0.29) is 0 Å². The number of hydrogen-bond acceptors (Lipinski definition) is 3. The fourth-order valence-electron chi connectivity index (χ4n) is 3.48. The van der Waals surface area contributed by atoms with E-state index in [4.69, 9.17) is 5.11 Å². The molecule has 2 aromatic rings. The van der Waals surface area contributed by atoms with E-state index in [1.165, 1.54) is 0 Å². The second kappa shape index (κ2) is 7.60. The third kappa shape index (κ3) is 4.02. The first-order valence-corrected chi connectivity index (χ1v) is 8.43. The standard InChI is InChI=1S/C20H23NO3/c22-19(16-7-2-1-3-8-16)13-18-10-5-11-21(18)14-15-6-4-9-17(12-15)20(23)24/h1-4,6-9,12,18-19,22H,5,10-11,13-14H2,(H,23,24). The lowest BCUT2D eigenvalue weighted by molar-refractivity contribution is 0.0696. The fraction of sp³-hybridized carbons (Fsp3) is 0.350. The lowest BCUT2D eigenvalue weighted by Gasteiger charge is -2.26. The minimum atomic E-state index is -0.894. The Balaban J connectivity index is 1.65. The van der Waals surface area contributed by atoms with E-state index in [1.807, 2.05) is 36.4 Å². The van der Waals surface area contributed by atoms with Crippen LogP contribution in [0.2, 0.25) is 0 Å². The summed E-state index contributed by atoms with van der Waals surface area (Å²) < 4.78 is 0. The van der Waals surface area contributed by atoms with Crippen molar-refractivity contribution < 1.29 is 15.0 Å². The smallest absolute Gasteiger partial charge is 0.335 e. The summed E-state index contributed by atoms with van der Waals surface area (Å²) in [6.07, 6.45) is 2.44. The van der Waals surface area contributed by atoms with Gasteiger partial charge in [0.2, 0.25) is 0 Å². The minimum Gasteiger partial charge on any atom is -0.478 e. The van der Waals surface area contributed by atoms with E-state index in [9.17, 15) is 9.90 Å². The van der Waals surface area contributed by atoms with Crippen LogP contribution in [0.15, 0.2) is 54.6 Å². The van der Waals surface area contributed by atoms with Gasteiger partial charge in [-0.3, -0.25) is 4.90 Å². The van der Waals surface area contributed by atoms with Crippen LogP contribution in [0.3, 0.4) is 0 Å². The Hall–Kier alpha value is -2.17. The van der Waals surface area contributed by atoms with Crippen LogP contribution in [0, 0.1) is 0 Å². The molecule has 0 amide bonds. The maximum absolute atomic E-state index is 11.1. The molecule has 4 heteroatoms. The summed E-state index contributed by atoms with van der Waals surface area (Å²) in [4.78, 5) is 13.5. The van der Waals surface area contributed by atoms with Crippen LogP contribution in [0.5, 0.6) is 0 Å². The van der Waals surface area contributed by atoms with Crippen molar-refractivity contribution in [2.45, 2.75) is 38.0 Å². The Bertz CT molecular complexity index is 686. The predicted octanol–water partition coefficient (Wildman–Crippen LogP) is 3.47. The molecule has 0 aromatic heterocycles. The van der Waals surface area contributed by atoms with Crippen LogP contribution < -0.4 is 0 Å². The maximum Gasteiger partial charge on any atom is 0.335 e. The van der Waals surface area contributed by atoms with E-state index in [0.717, 1.165) is 37.1 Å². The van der Waals surface area contributed by atoms with E-state index in [1.54, 1.807) is 18.2 Å². The van der Waals surface area contributed by atoms with E-state index in [2.05, 4.69) is 4.90 Å². The van der Waals surface area contributed by atoms with Gasteiger partial charge in [0.1, 0.15) is 0 Å². The first kappa shape index (κ1) is 16.7. The zero-order chi connectivity index (χ0) is 16.9. The SMILES string of the molecule is O=C(O)c1cccc(CN2CCCC2CC(O)c2ccccc2)c1. The number of aliphatic hydroxyl groups excluding tert-OH is 1. The molecule has 24 heavy (non-hydrogen) atoms. The van der Waals surface area contributed by atoms with Crippen molar-refractivity contribution in [2.24, 2.45) is 0 Å². The molecule has 1 heterocycles. The number of aromatic carboxylic acids is 1. The van der Waals surface area contributed by atoms with Crippen LogP contribution in [-0.2, 0) is 6.54 Å². The van der Waals surface area contributed by atoms with E-state index in [0.29, 0.717) is 18.0 Å². The summed E-state index contributed by atoms with van der Waals surface area (Å²) in [5.74, 6) is -0.894. The lowest BCUT2D eigenvalue weighted by Crippen LogP contribution is -2.30. The van der Waals surface area contributed by atoms with Crippen molar-refractivity contribution in [3.8, 4) is 0 Å². The molecular weight excluding hydrogens is 302 g/mol. The van der Waals surface area contributed by atoms with Crippen molar-refractivity contribution in [1.82, 2.24) is 4.90 Å². The lowest BCUT2D eigenvalue weighted by atomic mass is 10.00. The third-order valence-electron chi connectivity index (χ3n) is 4.74. The summed E-state index contributed by atoms with van der Waals surface area (Å²) >= 11 is 0. The average molecular weight is 325 g/mol. The third-order valence-corrected chi connectivity index (χ3v) is 4.74. The van der Waals surface area contributed by atoms with Gasteiger partial charge in [-0.05, 0) is 49.1 Å². The van der Waals surface area contributed by atoms with E-state index < -0.39 is 12.1 Å². The van der Waals surface area contributed by atoms with Crippen LogP contribution >= 0.6 is 0 Å². The number of carboxylic acid groups (broad SMARTS) is 1. The van der Waals surface area contributed by atoms with Crippen molar-refractivity contribution in [3.05, 3.63) is 71.3 Å². The number of rotatable bonds is 6. The van der Waals surface area contributed by atoms with Crippen molar-refractivity contribution in [1.29, 1.82) is 0 Å². The van der Waals surface area contributed by atoms with Gasteiger partial charge in [0.15, 0.2) is 0 Å². The molecule has 0 spiro atoms. The minimum absolute atomic E-state index is 0.326. The van der Waals surface area contributed by atoms with Crippen LogP contribution in [0.25, 0.3) is 0 Å². The Morgan fingerprint density at radius 3 is 2.71 bits per heavy atom. The normalized spacial score (nSPS) is 19.3. The molecule has 0 aliphatic carbocycles. The second-order valence-corrected chi connectivity index (χ2v) is 6.43. The fourth-order valence-corrected chi connectivity index (χ4v) is 3.48. The molecular formula is C20H23NO3. The number of nitrogens with zero attached hydrogens (tertiary/aromatic N) is 1. The summed E-state index contributed by atoms with van der Waals surface area (Å²) in [5, 5.41) is 19.6. The molecule has 0 saturated carbocycles. The molecule has 2 unspecified atom stereocenters. The first-order valence-electron chi connectivity index (χ1n) is 8.43. The predicted molar refractivity (Wildman–Crippen MR) is 92.9 cm³/mol. The molecule has 126 valence electrons. The quantitative estimate of drug-likeness (QED) is 0.854. The van der Waals surface area contributed by atoms with Gasteiger partial charge in [0.25, 0.3) is 0 Å². The molecule has 0 bridgehead atoms. The van der Waals surface area contributed by atoms with Gasteiger partial charge >= 0.3 is 5.97 Å². The highest BCUT2D eigenvalue weighted by Gasteiger charge is 2.27. The molecule has 1 aliphatic rings. The van der Waals surface area contributed by atoms with Gasteiger partial charge < -0.3 is 10.2 Å².